The molecule has 5 heteroatoms. The summed E-state index contributed by atoms with van der Waals surface area (Å²) in [6, 6.07) is 23.4. The number of benzene rings is 3. The summed E-state index contributed by atoms with van der Waals surface area (Å²) in [4.78, 5) is 0.278. The van der Waals surface area contributed by atoms with E-state index in [1.54, 1.807) is 24.3 Å². The third-order valence-electron chi connectivity index (χ3n) is 4.54. The van der Waals surface area contributed by atoms with Crippen LogP contribution in [0.2, 0.25) is 0 Å². The number of hydrogen-bond acceptors (Lipinski definition) is 3. The van der Waals surface area contributed by atoms with Gasteiger partial charge in [0, 0.05) is 0 Å². The molecule has 1 aliphatic heterocycles. The minimum absolute atomic E-state index is 0.270. The van der Waals surface area contributed by atoms with Gasteiger partial charge in [-0.25, -0.2) is 8.42 Å². The standard InChI is InChI=1S/C21H19NO3S/c1-16-11-13-18(14-12-16)26(23,24)22-19-9-5-6-10-21(19)25-15-20(22)17-7-3-2-4-8-17/h2-14,20H,15H2,1H3/t20-/m0/s1. The minimum Gasteiger partial charge on any atom is -0.489 e. The van der Waals surface area contributed by atoms with Crippen molar-refractivity contribution in [2.24, 2.45) is 0 Å². The largest absolute Gasteiger partial charge is 0.489 e. The van der Waals surface area contributed by atoms with Crippen molar-refractivity contribution in [1.82, 2.24) is 0 Å². The molecular formula is C21H19NO3S. The van der Waals surface area contributed by atoms with E-state index in [-0.39, 0.29) is 11.5 Å². The molecule has 3 aromatic carbocycles. The molecule has 0 saturated heterocycles. The normalized spacial score (nSPS) is 16.7. The first kappa shape index (κ1) is 16.7. The van der Waals surface area contributed by atoms with Gasteiger partial charge in [0.2, 0.25) is 0 Å². The van der Waals surface area contributed by atoms with Crippen LogP contribution in [0.3, 0.4) is 0 Å². The molecule has 4 rings (SSSR count). The second-order valence-corrected chi connectivity index (χ2v) is 8.13. The van der Waals surface area contributed by atoms with E-state index in [1.807, 2.05) is 61.5 Å². The Balaban J connectivity index is 1.89. The fraction of sp³-hybridized carbons (Fsp3) is 0.143. The van der Waals surface area contributed by atoms with Crippen molar-refractivity contribution in [3.63, 3.8) is 0 Å². The number of rotatable bonds is 3. The number of fused-ring (bicyclic) bond motifs is 1. The Hall–Kier alpha value is -2.79. The lowest BCUT2D eigenvalue weighted by molar-refractivity contribution is 0.275. The zero-order valence-corrected chi connectivity index (χ0v) is 15.2. The Bertz CT molecular complexity index is 1010. The summed E-state index contributed by atoms with van der Waals surface area (Å²) in [5, 5.41) is 0. The van der Waals surface area contributed by atoms with Gasteiger partial charge in [0.15, 0.2) is 0 Å². The molecule has 132 valence electrons. The molecule has 0 fully saturated rings. The average Bonchev–Trinajstić information content (AvgIpc) is 2.68. The van der Waals surface area contributed by atoms with Crippen molar-refractivity contribution in [1.29, 1.82) is 0 Å². The number of hydrogen-bond donors (Lipinski definition) is 0. The highest BCUT2D eigenvalue weighted by molar-refractivity contribution is 7.92. The quantitative estimate of drug-likeness (QED) is 0.694. The molecule has 1 heterocycles. The van der Waals surface area contributed by atoms with Gasteiger partial charge in [-0.2, -0.15) is 0 Å². The first-order chi connectivity index (χ1) is 12.6. The van der Waals surface area contributed by atoms with Gasteiger partial charge in [0.25, 0.3) is 10.0 Å². The van der Waals surface area contributed by atoms with E-state index in [9.17, 15) is 8.42 Å². The maximum atomic E-state index is 13.5. The zero-order valence-electron chi connectivity index (χ0n) is 14.4. The molecule has 0 aliphatic carbocycles. The summed E-state index contributed by atoms with van der Waals surface area (Å²) < 4.78 is 34.4. The lowest BCUT2D eigenvalue weighted by Gasteiger charge is -2.37. The molecule has 0 saturated carbocycles. The molecule has 0 amide bonds. The molecule has 4 nitrogen and oxygen atoms in total. The van der Waals surface area contributed by atoms with Crippen LogP contribution in [0.25, 0.3) is 0 Å². The van der Waals surface area contributed by atoms with Gasteiger partial charge >= 0.3 is 0 Å². The Morgan fingerprint density at radius 1 is 0.885 bits per heavy atom. The van der Waals surface area contributed by atoms with E-state index >= 15 is 0 Å². The van der Waals surface area contributed by atoms with Crippen LogP contribution < -0.4 is 9.04 Å². The summed E-state index contributed by atoms with van der Waals surface area (Å²) in [5.74, 6) is 0.579. The predicted molar refractivity (Wildman–Crippen MR) is 102 cm³/mol. The number of sulfonamides is 1. The Morgan fingerprint density at radius 2 is 1.54 bits per heavy atom. The van der Waals surface area contributed by atoms with Crippen LogP contribution in [-0.4, -0.2) is 15.0 Å². The summed E-state index contributed by atoms with van der Waals surface area (Å²) in [6.07, 6.45) is 0. The van der Waals surface area contributed by atoms with Gasteiger partial charge in [-0.15, -0.1) is 0 Å². The van der Waals surface area contributed by atoms with Crippen LogP contribution in [0, 0.1) is 6.92 Å². The van der Waals surface area contributed by atoms with Crippen LogP contribution in [0.1, 0.15) is 17.2 Å². The molecule has 0 N–H and O–H groups in total. The fourth-order valence-corrected chi connectivity index (χ4v) is 4.83. The molecule has 1 atom stereocenters. The minimum atomic E-state index is -3.74. The SMILES string of the molecule is Cc1ccc(S(=O)(=O)N2c3ccccc3OC[C@H]2c2ccccc2)cc1. The van der Waals surface area contributed by atoms with E-state index in [0.717, 1.165) is 11.1 Å². The van der Waals surface area contributed by atoms with Crippen LogP contribution >= 0.6 is 0 Å². The third kappa shape index (κ3) is 2.84. The van der Waals surface area contributed by atoms with Crippen molar-refractivity contribution >= 4 is 15.7 Å². The number of nitrogens with zero attached hydrogens (tertiary/aromatic N) is 1. The Morgan fingerprint density at radius 3 is 2.27 bits per heavy atom. The van der Waals surface area contributed by atoms with Crippen LogP contribution in [0.15, 0.2) is 83.8 Å². The molecule has 0 radical (unpaired) electrons. The number of aryl methyl sites for hydroxylation is 1. The van der Waals surface area contributed by atoms with Gasteiger partial charge < -0.3 is 4.74 Å². The first-order valence-electron chi connectivity index (χ1n) is 8.45. The van der Waals surface area contributed by atoms with Crippen LogP contribution in [-0.2, 0) is 10.0 Å². The topological polar surface area (TPSA) is 46.6 Å². The van der Waals surface area contributed by atoms with E-state index in [1.165, 1.54) is 4.31 Å². The Kier molecular flexibility index (Phi) is 4.17. The highest BCUT2D eigenvalue weighted by atomic mass is 32.2. The summed E-state index contributed by atoms with van der Waals surface area (Å²) >= 11 is 0. The smallest absolute Gasteiger partial charge is 0.265 e. The maximum Gasteiger partial charge on any atom is 0.265 e. The average molecular weight is 365 g/mol. The van der Waals surface area contributed by atoms with Crippen LogP contribution in [0.4, 0.5) is 5.69 Å². The van der Waals surface area contributed by atoms with Crippen molar-refractivity contribution in [2.45, 2.75) is 17.9 Å². The molecule has 3 aromatic rings. The van der Waals surface area contributed by atoms with Crippen molar-refractivity contribution < 1.29 is 13.2 Å². The number of ether oxygens (including phenoxy) is 1. The van der Waals surface area contributed by atoms with E-state index in [0.29, 0.717) is 11.4 Å². The van der Waals surface area contributed by atoms with Crippen LogP contribution in [0.5, 0.6) is 5.75 Å². The van der Waals surface area contributed by atoms with Crippen molar-refractivity contribution in [3.05, 3.63) is 90.0 Å². The summed E-state index contributed by atoms with van der Waals surface area (Å²) in [5.41, 5.74) is 2.48. The molecule has 1 aliphatic rings. The highest BCUT2D eigenvalue weighted by Crippen LogP contribution is 2.42. The fourth-order valence-electron chi connectivity index (χ4n) is 3.19. The molecular weight excluding hydrogens is 346 g/mol. The Labute approximate surface area is 153 Å². The first-order valence-corrected chi connectivity index (χ1v) is 9.89. The van der Waals surface area contributed by atoms with Gasteiger partial charge in [-0.3, -0.25) is 4.31 Å². The molecule has 26 heavy (non-hydrogen) atoms. The third-order valence-corrected chi connectivity index (χ3v) is 6.38. The van der Waals surface area contributed by atoms with Crippen molar-refractivity contribution in [3.8, 4) is 5.75 Å². The number of para-hydroxylation sites is 2. The van der Waals surface area contributed by atoms with Gasteiger partial charge in [-0.05, 0) is 36.8 Å². The zero-order chi connectivity index (χ0) is 18.1. The lowest BCUT2D eigenvalue weighted by atomic mass is 10.1. The molecule has 0 aromatic heterocycles. The lowest BCUT2D eigenvalue weighted by Crippen LogP contribution is -2.41. The molecule has 0 unspecified atom stereocenters. The highest BCUT2D eigenvalue weighted by Gasteiger charge is 2.37. The number of anilines is 1. The van der Waals surface area contributed by atoms with Crippen molar-refractivity contribution in [2.75, 3.05) is 10.9 Å². The monoisotopic (exact) mass is 365 g/mol. The van der Waals surface area contributed by atoms with Gasteiger partial charge in [-0.1, -0.05) is 60.2 Å². The van der Waals surface area contributed by atoms with Gasteiger partial charge in [0.1, 0.15) is 18.4 Å². The van der Waals surface area contributed by atoms with E-state index in [2.05, 4.69) is 0 Å². The second kappa shape index (κ2) is 6.50. The molecule has 0 bridgehead atoms. The summed E-state index contributed by atoms with van der Waals surface area (Å²) in [6.45, 7) is 2.21. The second-order valence-electron chi connectivity index (χ2n) is 6.32. The van der Waals surface area contributed by atoms with Gasteiger partial charge in [0.05, 0.1) is 10.6 Å². The van der Waals surface area contributed by atoms with E-state index in [4.69, 9.17) is 4.74 Å². The maximum absolute atomic E-state index is 13.5. The predicted octanol–water partition coefficient (Wildman–Crippen LogP) is 4.32. The van der Waals surface area contributed by atoms with E-state index < -0.39 is 16.1 Å². The summed E-state index contributed by atoms with van der Waals surface area (Å²) in [7, 11) is -3.74. The molecule has 0 spiro atoms.